The van der Waals surface area contributed by atoms with E-state index in [1.807, 2.05) is 13.0 Å². The van der Waals surface area contributed by atoms with E-state index in [4.69, 9.17) is 0 Å². The van der Waals surface area contributed by atoms with Crippen molar-refractivity contribution in [2.45, 2.75) is 6.92 Å². The zero-order valence-electron chi connectivity index (χ0n) is 6.36. The fourth-order valence-corrected chi connectivity index (χ4v) is 2.40. The van der Waals surface area contributed by atoms with Crippen molar-refractivity contribution in [1.82, 2.24) is 9.97 Å². The lowest BCUT2D eigenvalue weighted by atomic mass is 10.3. The first kappa shape index (κ1) is 8.26. The first-order valence-corrected chi connectivity index (χ1v) is 5.07. The van der Waals surface area contributed by atoms with Crippen molar-refractivity contribution in [2.24, 2.45) is 0 Å². The molecular formula is C8H6Br2N2. The lowest BCUT2D eigenvalue weighted by Gasteiger charge is -1.93. The third kappa shape index (κ3) is 1.29. The average molecular weight is 290 g/mol. The number of aromatic nitrogens is 2. The van der Waals surface area contributed by atoms with Crippen molar-refractivity contribution in [3.8, 4) is 0 Å². The van der Waals surface area contributed by atoms with Gasteiger partial charge >= 0.3 is 0 Å². The number of nitrogens with zero attached hydrogens (tertiary/aromatic N) is 1. The van der Waals surface area contributed by atoms with Crippen molar-refractivity contribution in [3.05, 3.63) is 26.9 Å². The Labute approximate surface area is 86.6 Å². The molecule has 0 spiro atoms. The number of fused-ring (bicyclic) bond motifs is 1. The maximum atomic E-state index is 4.29. The molecule has 62 valence electrons. The number of hydrogen-bond acceptors (Lipinski definition) is 1. The highest BCUT2D eigenvalue weighted by molar-refractivity contribution is 9.11. The zero-order chi connectivity index (χ0) is 8.72. The fourth-order valence-electron chi connectivity index (χ4n) is 1.17. The zero-order valence-corrected chi connectivity index (χ0v) is 9.53. The summed E-state index contributed by atoms with van der Waals surface area (Å²) in [6, 6.07) is 4.01. The summed E-state index contributed by atoms with van der Waals surface area (Å²) < 4.78 is 1.90. The van der Waals surface area contributed by atoms with Gasteiger partial charge in [-0.15, -0.1) is 0 Å². The van der Waals surface area contributed by atoms with Crippen LogP contribution in [0.5, 0.6) is 0 Å². The molecule has 0 aliphatic heterocycles. The predicted octanol–water partition coefficient (Wildman–Crippen LogP) is 3.40. The van der Waals surface area contributed by atoms with Crippen molar-refractivity contribution in [2.75, 3.05) is 0 Å². The van der Waals surface area contributed by atoms with Gasteiger partial charge in [0.2, 0.25) is 0 Å². The number of rotatable bonds is 0. The smallest absolute Gasteiger partial charge is 0.139 e. The Morgan fingerprint density at radius 1 is 1.33 bits per heavy atom. The second-order valence-corrected chi connectivity index (χ2v) is 4.31. The largest absolute Gasteiger partial charge is 0.343 e. The van der Waals surface area contributed by atoms with E-state index in [1.54, 1.807) is 0 Å². The fraction of sp³-hybridized carbons (Fsp3) is 0.125. The maximum Gasteiger partial charge on any atom is 0.139 e. The van der Waals surface area contributed by atoms with E-state index in [9.17, 15) is 0 Å². The van der Waals surface area contributed by atoms with Gasteiger partial charge in [0.05, 0.1) is 0 Å². The summed E-state index contributed by atoms with van der Waals surface area (Å²) in [6.07, 6.45) is 0. The Kier molecular flexibility index (Phi) is 1.96. The van der Waals surface area contributed by atoms with Crippen molar-refractivity contribution in [3.63, 3.8) is 0 Å². The Morgan fingerprint density at radius 3 is 2.83 bits per heavy atom. The summed E-state index contributed by atoms with van der Waals surface area (Å²) in [5.41, 5.74) is 2.03. The van der Waals surface area contributed by atoms with Gasteiger partial charge in [-0.05, 0) is 50.9 Å². The molecular weight excluding hydrogens is 284 g/mol. The van der Waals surface area contributed by atoms with Crippen LogP contribution in [0.15, 0.2) is 21.2 Å². The topological polar surface area (TPSA) is 28.7 Å². The number of aryl methyl sites for hydroxylation is 1. The summed E-state index contributed by atoms with van der Waals surface area (Å²) in [5.74, 6) is 0. The van der Waals surface area contributed by atoms with E-state index < -0.39 is 0 Å². The van der Waals surface area contributed by atoms with Crippen LogP contribution < -0.4 is 0 Å². The molecule has 0 saturated carbocycles. The molecule has 2 heterocycles. The molecule has 2 nitrogen and oxygen atoms in total. The highest BCUT2D eigenvalue weighted by atomic mass is 79.9. The molecule has 2 aromatic heterocycles. The van der Waals surface area contributed by atoms with E-state index in [0.29, 0.717) is 0 Å². The summed E-state index contributed by atoms with van der Waals surface area (Å²) in [7, 11) is 0. The SMILES string of the molecule is Cc1cc2c(Br)cc(Br)nc2[nH]1. The van der Waals surface area contributed by atoms with Gasteiger partial charge < -0.3 is 4.98 Å². The number of H-pyrrole nitrogens is 1. The Balaban J connectivity index is 2.88. The van der Waals surface area contributed by atoms with Gasteiger partial charge in [0.1, 0.15) is 10.3 Å². The van der Waals surface area contributed by atoms with Crippen LogP contribution in [0.3, 0.4) is 0 Å². The molecule has 0 amide bonds. The van der Waals surface area contributed by atoms with E-state index in [1.165, 1.54) is 0 Å². The van der Waals surface area contributed by atoms with Crippen LogP contribution >= 0.6 is 31.9 Å². The van der Waals surface area contributed by atoms with Crippen molar-refractivity contribution in [1.29, 1.82) is 0 Å². The van der Waals surface area contributed by atoms with Crippen LogP contribution in [-0.2, 0) is 0 Å². The molecule has 1 N–H and O–H groups in total. The average Bonchev–Trinajstić information content (AvgIpc) is 2.29. The summed E-state index contributed by atoms with van der Waals surface area (Å²) in [4.78, 5) is 7.46. The third-order valence-corrected chi connectivity index (χ3v) is 2.72. The minimum atomic E-state index is 0.837. The van der Waals surface area contributed by atoms with Crippen LogP contribution in [0.25, 0.3) is 11.0 Å². The lowest BCUT2D eigenvalue weighted by molar-refractivity contribution is 1.23. The van der Waals surface area contributed by atoms with E-state index in [0.717, 1.165) is 25.8 Å². The highest BCUT2D eigenvalue weighted by Gasteiger charge is 2.03. The number of hydrogen-bond donors (Lipinski definition) is 1. The van der Waals surface area contributed by atoms with Gasteiger partial charge in [0.15, 0.2) is 0 Å². The second-order valence-electron chi connectivity index (χ2n) is 2.64. The molecule has 0 aliphatic carbocycles. The maximum absolute atomic E-state index is 4.29. The molecule has 0 fully saturated rings. The van der Waals surface area contributed by atoms with Crippen molar-refractivity contribution >= 4 is 42.9 Å². The minimum Gasteiger partial charge on any atom is -0.343 e. The van der Waals surface area contributed by atoms with Crippen LogP contribution in [0.1, 0.15) is 5.69 Å². The first-order valence-electron chi connectivity index (χ1n) is 3.48. The van der Waals surface area contributed by atoms with Gasteiger partial charge in [-0.2, -0.15) is 0 Å². The molecule has 2 rings (SSSR count). The molecule has 12 heavy (non-hydrogen) atoms. The standard InChI is InChI=1S/C8H6Br2N2/c1-4-2-5-6(9)3-7(10)12-8(5)11-4/h2-3H,1H3,(H,11,12). The Hall–Kier alpha value is -0.350. The summed E-state index contributed by atoms with van der Waals surface area (Å²) in [5, 5.41) is 1.12. The lowest BCUT2D eigenvalue weighted by Crippen LogP contribution is -1.78. The highest BCUT2D eigenvalue weighted by Crippen LogP contribution is 2.25. The van der Waals surface area contributed by atoms with Gasteiger partial charge in [0, 0.05) is 15.6 Å². The second kappa shape index (κ2) is 2.85. The van der Waals surface area contributed by atoms with Gasteiger partial charge in [-0.25, -0.2) is 4.98 Å². The molecule has 0 bridgehead atoms. The number of pyridine rings is 1. The molecule has 2 aromatic rings. The minimum absolute atomic E-state index is 0.837. The number of aromatic amines is 1. The quantitative estimate of drug-likeness (QED) is 0.740. The molecule has 0 saturated heterocycles. The molecule has 0 aromatic carbocycles. The van der Waals surface area contributed by atoms with Gasteiger partial charge in [-0.3, -0.25) is 0 Å². The summed E-state index contributed by atoms with van der Waals surface area (Å²) >= 11 is 6.80. The van der Waals surface area contributed by atoms with E-state index >= 15 is 0 Å². The predicted molar refractivity (Wildman–Crippen MR) is 56.2 cm³/mol. The Morgan fingerprint density at radius 2 is 2.08 bits per heavy atom. The van der Waals surface area contributed by atoms with Crippen LogP contribution in [0, 0.1) is 6.92 Å². The molecule has 0 unspecified atom stereocenters. The number of halogens is 2. The van der Waals surface area contributed by atoms with Crippen LogP contribution in [0.4, 0.5) is 0 Å². The van der Waals surface area contributed by atoms with Gasteiger partial charge in [-0.1, -0.05) is 0 Å². The normalized spacial score (nSPS) is 10.9. The van der Waals surface area contributed by atoms with Gasteiger partial charge in [0.25, 0.3) is 0 Å². The molecule has 0 radical (unpaired) electrons. The van der Waals surface area contributed by atoms with Crippen molar-refractivity contribution < 1.29 is 0 Å². The third-order valence-electron chi connectivity index (χ3n) is 1.65. The number of nitrogens with one attached hydrogen (secondary N) is 1. The van der Waals surface area contributed by atoms with E-state index in [2.05, 4.69) is 47.9 Å². The molecule has 0 atom stereocenters. The van der Waals surface area contributed by atoms with Crippen LogP contribution in [0.2, 0.25) is 0 Å². The monoisotopic (exact) mass is 288 g/mol. The summed E-state index contributed by atoms with van der Waals surface area (Å²) in [6.45, 7) is 2.02. The molecule has 0 aliphatic rings. The molecule has 4 heteroatoms. The first-order chi connectivity index (χ1) is 5.66. The van der Waals surface area contributed by atoms with E-state index in [-0.39, 0.29) is 0 Å². The Bertz CT molecular complexity index is 434. The van der Waals surface area contributed by atoms with Crippen LogP contribution in [-0.4, -0.2) is 9.97 Å².